The summed E-state index contributed by atoms with van der Waals surface area (Å²) in [6, 6.07) is 4.01. The lowest BCUT2D eigenvalue weighted by atomic mass is 9.48. The SMILES string of the molecule is CC1(C)C[C@]2(C(N)=O)CN(C(=O)Cc3ccc(F)cc3Cl)C[C@H]12. The standard InChI is InChI=1S/C17H20ClFN2O2/c1-16(2)8-17(15(20)23)9-21(7-13(16)17)14(22)5-10-3-4-11(19)6-12(10)18/h3-4,6,13H,5,7-9H2,1-2H3,(H2,20,23)/t13-,17+/m1/s1. The Morgan fingerprint density at radius 3 is 2.65 bits per heavy atom. The number of nitrogens with two attached hydrogens (primary N) is 1. The zero-order chi connectivity index (χ0) is 17.0. The summed E-state index contributed by atoms with van der Waals surface area (Å²) in [5.74, 6) is -0.763. The zero-order valence-corrected chi connectivity index (χ0v) is 14.0. The number of hydrogen-bond acceptors (Lipinski definition) is 2. The number of halogens is 2. The van der Waals surface area contributed by atoms with Crippen molar-refractivity contribution in [1.82, 2.24) is 4.90 Å². The van der Waals surface area contributed by atoms with Gasteiger partial charge in [-0.3, -0.25) is 9.59 Å². The molecule has 3 rings (SSSR count). The van der Waals surface area contributed by atoms with Crippen LogP contribution >= 0.6 is 11.6 Å². The highest BCUT2D eigenvalue weighted by atomic mass is 35.5. The molecule has 2 N–H and O–H groups in total. The number of carbonyl (C=O) groups excluding carboxylic acids is 2. The molecular formula is C17H20ClFN2O2. The molecule has 0 bridgehead atoms. The smallest absolute Gasteiger partial charge is 0.227 e. The third-order valence-corrected chi connectivity index (χ3v) is 5.81. The maximum atomic E-state index is 13.1. The van der Waals surface area contributed by atoms with Gasteiger partial charge in [0.2, 0.25) is 11.8 Å². The van der Waals surface area contributed by atoms with Gasteiger partial charge in [-0.2, -0.15) is 0 Å². The highest BCUT2D eigenvalue weighted by Crippen LogP contribution is 2.62. The van der Waals surface area contributed by atoms with Crippen LogP contribution in [0, 0.1) is 22.6 Å². The summed E-state index contributed by atoms with van der Waals surface area (Å²) < 4.78 is 13.1. The summed E-state index contributed by atoms with van der Waals surface area (Å²) in [4.78, 5) is 26.2. The quantitative estimate of drug-likeness (QED) is 0.919. The normalized spacial score (nSPS) is 28.2. The predicted molar refractivity (Wildman–Crippen MR) is 85.2 cm³/mol. The van der Waals surface area contributed by atoms with Crippen molar-refractivity contribution >= 4 is 23.4 Å². The van der Waals surface area contributed by atoms with Gasteiger partial charge < -0.3 is 10.6 Å². The van der Waals surface area contributed by atoms with E-state index < -0.39 is 11.2 Å². The van der Waals surface area contributed by atoms with E-state index in [1.165, 1.54) is 18.2 Å². The first-order valence-electron chi connectivity index (χ1n) is 7.67. The molecule has 4 nitrogen and oxygen atoms in total. The van der Waals surface area contributed by atoms with Crippen LogP contribution < -0.4 is 5.73 Å². The first-order chi connectivity index (χ1) is 10.7. The zero-order valence-electron chi connectivity index (χ0n) is 13.2. The van der Waals surface area contributed by atoms with Gasteiger partial charge in [0, 0.05) is 18.1 Å². The molecular weight excluding hydrogens is 319 g/mol. The molecule has 0 radical (unpaired) electrons. The fourth-order valence-corrected chi connectivity index (χ4v) is 4.59. The Bertz CT molecular complexity index is 691. The van der Waals surface area contributed by atoms with Gasteiger partial charge in [-0.25, -0.2) is 4.39 Å². The van der Waals surface area contributed by atoms with Gasteiger partial charge in [-0.1, -0.05) is 31.5 Å². The van der Waals surface area contributed by atoms with Crippen molar-refractivity contribution in [2.75, 3.05) is 13.1 Å². The molecule has 1 heterocycles. The average Bonchev–Trinajstić information content (AvgIpc) is 2.78. The minimum absolute atomic E-state index is 0.0115. The van der Waals surface area contributed by atoms with Crippen molar-refractivity contribution in [1.29, 1.82) is 0 Å². The van der Waals surface area contributed by atoms with E-state index in [0.29, 0.717) is 25.1 Å². The molecule has 2 aliphatic rings. The fourth-order valence-electron chi connectivity index (χ4n) is 4.36. The van der Waals surface area contributed by atoms with Gasteiger partial charge in [0.25, 0.3) is 0 Å². The van der Waals surface area contributed by atoms with E-state index in [9.17, 15) is 14.0 Å². The lowest BCUT2D eigenvalue weighted by Crippen LogP contribution is -2.59. The van der Waals surface area contributed by atoms with Crippen molar-refractivity contribution in [2.45, 2.75) is 26.7 Å². The Morgan fingerprint density at radius 2 is 2.13 bits per heavy atom. The summed E-state index contributed by atoms with van der Waals surface area (Å²) in [6.07, 6.45) is 0.808. The van der Waals surface area contributed by atoms with E-state index in [2.05, 4.69) is 13.8 Å². The second-order valence-corrected chi connectivity index (χ2v) is 7.83. The number of fused-ring (bicyclic) bond motifs is 1. The van der Waals surface area contributed by atoms with Gasteiger partial charge >= 0.3 is 0 Å². The molecule has 0 aromatic heterocycles. The van der Waals surface area contributed by atoms with Crippen LogP contribution in [0.4, 0.5) is 4.39 Å². The second kappa shape index (κ2) is 5.20. The van der Waals surface area contributed by atoms with Crippen LogP contribution in [0.15, 0.2) is 18.2 Å². The van der Waals surface area contributed by atoms with E-state index in [4.69, 9.17) is 17.3 Å². The summed E-state index contributed by atoms with van der Waals surface area (Å²) in [6.45, 7) is 5.11. The lowest BCUT2D eigenvalue weighted by molar-refractivity contribution is -0.148. The Kier molecular flexibility index (Phi) is 3.67. The maximum absolute atomic E-state index is 13.1. The molecule has 2 atom stereocenters. The number of amides is 2. The molecule has 2 amide bonds. The fraction of sp³-hybridized carbons (Fsp3) is 0.529. The minimum atomic E-state index is -0.592. The number of carbonyl (C=O) groups is 2. The molecule has 1 aliphatic heterocycles. The number of rotatable bonds is 3. The summed E-state index contributed by atoms with van der Waals surface area (Å²) in [5.41, 5.74) is 5.62. The van der Waals surface area contributed by atoms with E-state index in [1.807, 2.05) is 0 Å². The molecule has 0 unspecified atom stereocenters. The number of benzene rings is 1. The molecule has 0 spiro atoms. The summed E-state index contributed by atoms with van der Waals surface area (Å²) in [5, 5.41) is 0.241. The van der Waals surface area contributed by atoms with Gasteiger partial charge in [-0.15, -0.1) is 0 Å². The molecule has 1 aromatic rings. The van der Waals surface area contributed by atoms with Crippen LogP contribution in [0.5, 0.6) is 0 Å². The van der Waals surface area contributed by atoms with Crippen LogP contribution in [0.3, 0.4) is 0 Å². The van der Waals surface area contributed by atoms with Crippen LogP contribution in [-0.2, 0) is 16.0 Å². The Morgan fingerprint density at radius 1 is 1.43 bits per heavy atom. The third kappa shape index (κ3) is 2.51. The first-order valence-corrected chi connectivity index (χ1v) is 8.05. The number of nitrogens with zero attached hydrogens (tertiary/aromatic N) is 1. The molecule has 1 saturated heterocycles. The summed E-state index contributed by atoms with van der Waals surface area (Å²) >= 11 is 5.99. The van der Waals surface area contributed by atoms with E-state index in [0.717, 1.165) is 0 Å². The summed E-state index contributed by atoms with van der Waals surface area (Å²) in [7, 11) is 0. The Labute approximate surface area is 139 Å². The van der Waals surface area contributed by atoms with Crippen molar-refractivity contribution in [2.24, 2.45) is 22.5 Å². The number of hydrogen-bond donors (Lipinski definition) is 1. The predicted octanol–water partition coefficient (Wildman–Crippen LogP) is 2.38. The van der Waals surface area contributed by atoms with E-state index in [1.54, 1.807) is 4.90 Å². The first kappa shape index (κ1) is 16.2. The van der Waals surface area contributed by atoms with Crippen molar-refractivity contribution < 1.29 is 14.0 Å². The molecule has 1 saturated carbocycles. The lowest BCUT2D eigenvalue weighted by Gasteiger charge is -2.54. The number of primary amides is 1. The van der Waals surface area contributed by atoms with E-state index in [-0.39, 0.29) is 34.6 Å². The largest absolute Gasteiger partial charge is 0.369 e. The van der Waals surface area contributed by atoms with Gasteiger partial charge in [0.1, 0.15) is 5.82 Å². The van der Waals surface area contributed by atoms with Crippen LogP contribution in [0.2, 0.25) is 5.02 Å². The molecule has 6 heteroatoms. The van der Waals surface area contributed by atoms with Crippen molar-refractivity contribution in [3.05, 3.63) is 34.6 Å². The molecule has 1 aromatic carbocycles. The number of likely N-dealkylation sites (tertiary alicyclic amines) is 1. The maximum Gasteiger partial charge on any atom is 0.227 e. The highest BCUT2D eigenvalue weighted by Gasteiger charge is 2.66. The van der Waals surface area contributed by atoms with Gasteiger partial charge in [-0.05, 0) is 35.4 Å². The average molecular weight is 339 g/mol. The Balaban J connectivity index is 1.76. The Hall–Kier alpha value is -1.62. The molecule has 1 aliphatic carbocycles. The molecule has 124 valence electrons. The molecule has 2 fully saturated rings. The van der Waals surface area contributed by atoms with E-state index >= 15 is 0 Å². The minimum Gasteiger partial charge on any atom is -0.369 e. The third-order valence-electron chi connectivity index (χ3n) is 5.46. The van der Waals surface area contributed by atoms with Crippen LogP contribution in [0.25, 0.3) is 0 Å². The monoisotopic (exact) mass is 338 g/mol. The van der Waals surface area contributed by atoms with Crippen molar-refractivity contribution in [3.63, 3.8) is 0 Å². The van der Waals surface area contributed by atoms with Crippen LogP contribution in [0.1, 0.15) is 25.8 Å². The molecule has 23 heavy (non-hydrogen) atoms. The van der Waals surface area contributed by atoms with Gasteiger partial charge in [0.05, 0.1) is 11.8 Å². The topological polar surface area (TPSA) is 63.4 Å². The highest BCUT2D eigenvalue weighted by molar-refractivity contribution is 6.31. The van der Waals surface area contributed by atoms with Crippen LogP contribution in [-0.4, -0.2) is 29.8 Å². The van der Waals surface area contributed by atoms with Gasteiger partial charge in [0.15, 0.2) is 0 Å². The van der Waals surface area contributed by atoms with Crippen molar-refractivity contribution in [3.8, 4) is 0 Å². The second-order valence-electron chi connectivity index (χ2n) is 7.43.